The van der Waals surface area contributed by atoms with Crippen molar-refractivity contribution in [1.82, 2.24) is 0 Å². The molecule has 3 nitrogen and oxygen atoms in total. The Balaban J connectivity index is 2.04. The lowest BCUT2D eigenvalue weighted by atomic mass is 9.96. The molecule has 0 saturated heterocycles. The fraction of sp³-hybridized carbons (Fsp3) is 0.455. The van der Waals surface area contributed by atoms with Crippen molar-refractivity contribution in [2.45, 2.75) is 32.0 Å². The summed E-state index contributed by atoms with van der Waals surface area (Å²) in [6.07, 6.45) is 4.01. The van der Waals surface area contributed by atoms with Crippen LogP contribution >= 0.6 is 15.9 Å². The zero-order chi connectivity index (χ0) is 10.7. The SMILES string of the molecule is NOCc1ccc(OC2CCC2)c(Br)c1. The van der Waals surface area contributed by atoms with Gasteiger partial charge >= 0.3 is 0 Å². The molecule has 0 aliphatic heterocycles. The number of ether oxygens (including phenoxy) is 1. The highest BCUT2D eigenvalue weighted by Gasteiger charge is 2.19. The molecule has 0 radical (unpaired) electrons. The fourth-order valence-electron chi connectivity index (χ4n) is 1.49. The summed E-state index contributed by atoms with van der Waals surface area (Å²) >= 11 is 3.48. The first-order valence-corrected chi connectivity index (χ1v) is 5.85. The van der Waals surface area contributed by atoms with Gasteiger partial charge in [0, 0.05) is 0 Å². The first-order chi connectivity index (χ1) is 7.29. The van der Waals surface area contributed by atoms with Crippen LogP contribution in [0.2, 0.25) is 0 Å². The Labute approximate surface area is 97.6 Å². The minimum atomic E-state index is 0.401. The summed E-state index contributed by atoms with van der Waals surface area (Å²) in [4.78, 5) is 4.57. The average molecular weight is 272 g/mol. The molecule has 1 aliphatic rings. The molecule has 0 amide bonds. The summed E-state index contributed by atoms with van der Waals surface area (Å²) in [5.41, 5.74) is 1.03. The minimum Gasteiger partial charge on any atom is -0.489 e. The maximum absolute atomic E-state index is 5.80. The third kappa shape index (κ3) is 2.71. The summed E-state index contributed by atoms with van der Waals surface area (Å²) in [5.74, 6) is 5.92. The van der Waals surface area contributed by atoms with E-state index in [2.05, 4.69) is 20.8 Å². The van der Waals surface area contributed by atoms with Gasteiger partial charge in [0.2, 0.25) is 0 Å². The van der Waals surface area contributed by atoms with E-state index in [1.54, 1.807) is 0 Å². The fourth-order valence-corrected chi connectivity index (χ4v) is 2.01. The van der Waals surface area contributed by atoms with Gasteiger partial charge in [-0.3, -0.25) is 4.84 Å². The quantitative estimate of drug-likeness (QED) is 0.857. The Morgan fingerprint density at radius 3 is 2.73 bits per heavy atom. The second-order valence-corrected chi connectivity index (χ2v) is 4.60. The van der Waals surface area contributed by atoms with Crippen molar-refractivity contribution >= 4 is 15.9 Å². The van der Waals surface area contributed by atoms with Gasteiger partial charge in [-0.05, 0) is 52.9 Å². The molecule has 15 heavy (non-hydrogen) atoms. The Morgan fingerprint density at radius 2 is 2.20 bits per heavy atom. The van der Waals surface area contributed by atoms with Crippen molar-refractivity contribution in [2.24, 2.45) is 5.90 Å². The Kier molecular flexibility index (Phi) is 3.61. The van der Waals surface area contributed by atoms with Crippen molar-refractivity contribution in [2.75, 3.05) is 0 Å². The zero-order valence-electron chi connectivity index (χ0n) is 8.41. The number of rotatable bonds is 4. The largest absolute Gasteiger partial charge is 0.489 e. The summed E-state index contributed by atoms with van der Waals surface area (Å²) in [6, 6.07) is 5.89. The molecular formula is C11H14BrNO2. The first kappa shape index (κ1) is 10.9. The van der Waals surface area contributed by atoms with Crippen LogP contribution in [0.25, 0.3) is 0 Å². The highest BCUT2D eigenvalue weighted by atomic mass is 79.9. The van der Waals surface area contributed by atoms with Crippen LogP contribution in [-0.2, 0) is 11.4 Å². The van der Waals surface area contributed by atoms with E-state index in [0.717, 1.165) is 15.8 Å². The zero-order valence-corrected chi connectivity index (χ0v) is 10.00. The predicted molar refractivity (Wildman–Crippen MR) is 61.4 cm³/mol. The van der Waals surface area contributed by atoms with E-state index in [-0.39, 0.29) is 0 Å². The van der Waals surface area contributed by atoms with Crippen LogP contribution < -0.4 is 10.6 Å². The molecule has 1 saturated carbocycles. The van der Waals surface area contributed by atoms with Crippen LogP contribution in [0.3, 0.4) is 0 Å². The van der Waals surface area contributed by atoms with Crippen LogP contribution in [0.5, 0.6) is 5.75 Å². The highest BCUT2D eigenvalue weighted by molar-refractivity contribution is 9.10. The lowest BCUT2D eigenvalue weighted by Crippen LogP contribution is -2.24. The third-order valence-corrected chi connectivity index (χ3v) is 3.21. The standard InChI is InChI=1S/C11H14BrNO2/c12-10-6-8(7-14-13)4-5-11(10)15-9-2-1-3-9/h4-6,9H,1-3,7,13H2. The van der Waals surface area contributed by atoms with E-state index in [9.17, 15) is 0 Å². The van der Waals surface area contributed by atoms with Crippen LogP contribution in [0.15, 0.2) is 22.7 Å². The normalized spacial score (nSPS) is 16.1. The van der Waals surface area contributed by atoms with E-state index in [1.807, 2.05) is 18.2 Å². The molecule has 1 aromatic carbocycles. The van der Waals surface area contributed by atoms with Gasteiger partial charge in [-0.2, -0.15) is 0 Å². The number of hydrogen-bond donors (Lipinski definition) is 1. The summed E-state index contributed by atoms with van der Waals surface area (Å²) in [6.45, 7) is 0.419. The topological polar surface area (TPSA) is 44.5 Å². The molecule has 0 atom stereocenters. The van der Waals surface area contributed by atoms with Gasteiger partial charge in [0.1, 0.15) is 5.75 Å². The molecule has 0 bridgehead atoms. The number of hydrogen-bond acceptors (Lipinski definition) is 3. The van der Waals surface area contributed by atoms with Gasteiger partial charge in [-0.25, -0.2) is 5.90 Å². The molecule has 0 aromatic heterocycles. The molecule has 1 fully saturated rings. The molecule has 2 N–H and O–H groups in total. The Bertz CT molecular complexity index is 339. The van der Waals surface area contributed by atoms with Crippen molar-refractivity contribution < 1.29 is 9.57 Å². The highest BCUT2D eigenvalue weighted by Crippen LogP contribution is 2.31. The molecule has 2 rings (SSSR count). The van der Waals surface area contributed by atoms with E-state index >= 15 is 0 Å². The van der Waals surface area contributed by atoms with Crippen molar-refractivity contribution in [3.63, 3.8) is 0 Å². The molecule has 1 aromatic rings. The van der Waals surface area contributed by atoms with Crippen molar-refractivity contribution in [3.05, 3.63) is 28.2 Å². The van der Waals surface area contributed by atoms with Gasteiger partial charge in [-0.15, -0.1) is 0 Å². The first-order valence-electron chi connectivity index (χ1n) is 5.06. The minimum absolute atomic E-state index is 0.401. The predicted octanol–water partition coefficient (Wildman–Crippen LogP) is 2.77. The van der Waals surface area contributed by atoms with Gasteiger partial charge in [0.25, 0.3) is 0 Å². The van der Waals surface area contributed by atoms with Crippen LogP contribution in [0.1, 0.15) is 24.8 Å². The second kappa shape index (κ2) is 4.96. The number of halogens is 1. The van der Waals surface area contributed by atoms with Crippen LogP contribution in [-0.4, -0.2) is 6.10 Å². The van der Waals surface area contributed by atoms with E-state index in [1.165, 1.54) is 19.3 Å². The van der Waals surface area contributed by atoms with E-state index in [4.69, 9.17) is 10.6 Å². The molecule has 0 spiro atoms. The summed E-state index contributed by atoms with van der Waals surface area (Å²) < 4.78 is 6.76. The van der Waals surface area contributed by atoms with Crippen molar-refractivity contribution in [3.8, 4) is 5.75 Å². The maximum Gasteiger partial charge on any atom is 0.133 e. The second-order valence-electron chi connectivity index (χ2n) is 3.75. The van der Waals surface area contributed by atoms with E-state index < -0.39 is 0 Å². The lowest BCUT2D eigenvalue weighted by Gasteiger charge is -2.27. The Morgan fingerprint density at radius 1 is 1.40 bits per heavy atom. The monoisotopic (exact) mass is 271 g/mol. The molecule has 4 heteroatoms. The van der Waals surface area contributed by atoms with Gasteiger partial charge in [0.05, 0.1) is 17.2 Å². The maximum atomic E-state index is 5.80. The lowest BCUT2D eigenvalue weighted by molar-refractivity contribution is 0.118. The summed E-state index contributed by atoms with van der Waals surface area (Å²) in [7, 11) is 0. The van der Waals surface area contributed by atoms with E-state index in [0.29, 0.717) is 12.7 Å². The molecule has 0 heterocycles. The third-order valence-electron chi connectivity index (χ3n) is 2.59. The Hall–Kier alpha value is -0.580. The smallest absolute Gasteiger partial charge is 0.133 e. The molecule has 1 aliphatic carbocycles. The number of benzene rings is 1. The van der Waals surface area contributed by atoms with Crippen LogP contribution in [0, 0.1) is 0 Å². The van der Waals surface area contributed by atoms with Gasteiger partial charge in [-0.1, -0.05) is 6.07 Å². The van der Waals surface area contributed by atoms with Crippen LogP contribution in [0.4, 0.5) is 0 Å². The average Bonchev–Trinajstić information content (AvgIpc) is 2.14. The molecule has 0 unspecified atom stereocenters. The molecular weight excluding hydrogens is 258 g/mol. The van der Waals surface area contributed by atoms with Gasteiger partial charge < -0.3 is 4.74 Å². The molecule has 82 valence electrons. The van der Waals surface area contributed by atoms with Crippen molar-refractivity contribution in [1.29, 1.82) is 0 Å². The summed E-state index contributed by atoms with van der Waals surface area (Å²) in [5, 5.41) is 0. The number of nitrogens with two attached hydrogens (primary N) is 1. The van der Waals surface area contributed by atoms with Gasteiger partial charge in [0.15, 0.2) is 0 Å².